The molecule has 0 radical (unpaired) electrons. The number of benzene rings is 2. The van der Waals surface area contributed by atoms with Crippen LogP contribution in [0.5, 0.6) is 5.75 Å². The quantitative estimate of drug-likeness (QED) is 0.551. The predicted octanol–water partition coefficient (Wildman–Crippen LogP) is 2.49. The van der Waals surface area contributed by atoms with Gasteiger partial charge in [0.05, 0.1) is 12.5 Å². The van der Waals surface area contributed by atoms with E-state index in [0.717, 1.165) is 11.1 Å². The zero-order valence-electron chi connectivity index (χ0n) is 15.1. The summed E-state index contributed by atoms with van der Waals surface area (Å²) in [5, 5.41) is 5.44. The van der Waals surface area contributed by atoms with Crippen molar-refractivity contribution < 1.29 is 14.3 Å². The summed E-state index contributed by atoms with van der Waals surface area (Å²) in [7, 11) is 0. The summed E-state index contributed by atoms with van der Waals surface area (Å²) < 4.78 is 5.40. The third kappa shape index (κ3) is 7.16. The number of nitrogens with two attached hydrogens (primary N) is 2. The fraction of sp³-hybridized carbons (Fsp3) is 0.263. The second-order valence-corrected chi connectivity index (χ2v) is 5.83. The summed E-state index contributed by atoms with van der Waals surface area (Å²) in [6, 6.07) is 13.4. The number of amides is 3. The molecule has 2 aromatic rings. The summed E-state index contributed by atoms with van der Waals surface area (Å²) in [6.07, 6.45) is 0.0687. The van der Waals surface area contributed by atoms with Crippen molar-refractivity contribution >= 4 is 30.0 Å². The number of carbonyl (C=O) groups is 2. The molecule has 0 fully saturated rings. The van der Waals surface area contributed by atoms with Gasteiger partial charge < -0.3 is 26.8 Å². The zero-order chi connectivity index (χ0) is 18.9. The summed E-state index contributed by atoms with van der Waals surface area (Å²) in [5.41, 5.74) is 13.1. The van der Waals surface area contributed by atoms with Crippen molar-refractivity contribution in [1.29, 1.82) is 0 Å². The molecular weight excluding hydrogens is 368 g/mol. The number of nitrogens with one attached hydrogen (secondary N) is 2. The van der Waals surface area contributed by atoms with Crippen LogP contribution < -0.4 is 26.8 Å². The Morgan fingerprint density at radius 3 is 2.37 bits per heavy atom. The van der Waals surface area contributed by atoms with Gasteiger partial charge in [-0.2, -0.15) is 0 Å². The average molecular weight is 393 g/mol. The third-order valence-electron chi connectivity index (χ3n) is 3.79. The van der Waals surface area contributed by atoms with Gasteiger partial charge in [0.15, 0.2) is 0 Å². The first kappa shape index (κ1) is 22.3. The van der Waals surface area contributed by atoms with E-state index < -0.39 is 12.1 Å². The van der Waals surface area contributed by atoms with Crippen LogP contribution >= 0.6 is 12.4 Å². The number of halogens is 1. The molecule has 3 amide bonds. The van der Waals surface area contributed by atoms with Crippen LogP contribution in [0.3, 0.4) is 0 Å². The number of aryl methyl sites for hydroxylation is 1. The van der Waals surface area contributed by atoms with E-state index in [0.29, 0.717) is 24.6 Å². The molecule has 2 aromatic carbocycles. The lowest BCUT2D eigenvalue weighted by molar-refractivity contribution is -0.116. The van der Waals surface area contributed by atoms with Gasteiger partial charge in [0.1, 0.15) is 12.4 Å². The molecule has 1 unspecified atom stereocenters. The molecule has 7 nitrogen and oxygen atoms in total. The number of ether oxygens (including phenoxy) is 1. The molecule has 2 rings (SSSR count). The van der Waals surface area contributed by atoms with Crippen LogP contribution in [0, 0.1) is 6.92 Å². The first-order chi connectivity index (χ1) is 12.5. The van der Waals surface area contributed by atoms with E-state index in [9.17, 15) is 9.59 Å². The van der Waals surface area contributed by atoms with Crippen LogP contribution in [-0.4, -0.2) is 25.1 Å². The lowest BCUT2D eigenvalue weighted by Crippen LogP contribution is -2.35. The molecule has 8 heteroatoms. The van der Waals surface area contributed by atoms with E-state index in [1.165, 1.54) is 0 Å². The van der Waals surface area contributed by atoms with E-state index >= 15 is 0 Å². The number of anilines is 1. The monoisotopic (exact) mass is 392 g/mol. The molecule has 0 saturated carbocycles. The largest absolute Gasteiger partial charge is 0.492 e. The van der Waals surface area contributed by atoms with Crippen LogP contribution in [-0.2, 0) is 4.79 Å². The van der Waals surface area contributed by atoms with Gasteiger partial charge in [0.2, 0.25) is 5.91 Å². The second-order valence-electron chi connectivity index (χ2n) is 5.83. The Morgan fingerprint density at radius 1 is 1.11 bits per heavy atom. The van der Waals surface area contributed by atoms with Crippen LogP contribution in [0.25, 0.3) is 0 Å². The van der Waals surface area contributed by atoms with Crippen LogP contribution in [0.1, 0.15) is 23.6 Å². The molecule has 6 N–H and O–H groups in total. The van der Waals surface area contributed by atoms with Gasteiger partial charge in [0, 0.05) is 12.2 Å². The fourth-order valence-corrected chi connectivity index (χ4v) is 2.60. The first-order valence-electron chi connectivity index (χ1n) is 8.34. The Balaban J connectivity index is 0.00000364. The number of hydrogen-bond acceptors (Lipinski definition) is 4. The minimum atomic E-state index is -0.674. The highest BCUT2D eigenvalue weighted by molar-refractivity contribution is 5.91. The standard InChI is InChI=1S/C19H24N4O3.ClH/c1-13-4-2-3-5-16(13)17(23-19(21)25)12-18(24)22-14-6-8-15(9-7-14)26-11-10-20;/h2-9,17H,10-12,20H2,1H3,(H,22,24)(H3,21,23,25);1H. The summed E-state index contributed by atoms with van der Waals surface area (Å²) in [6.45, 7) is 2.79. The Bertz CT molecular complexity index is 753. The van der Waals surface area contributed by atoms with E-state index in [1.807, 2.05) is 31.2 Å². The van der Waals surface area contributed by atoms with Crippen molar-refractivity contribution in [3.63, 3.8) is 0 Å². The Kier molecular flexibility index (Phi) is 9.12. The smallest absolute Gasteiger partial charge is 0.312 e. The number of rotatable bonds is 8. The van der Waals surface area contributed by atoms with Crippen molar-refractivity contribution in [3.8, 4) is 5.75 Å². The van der Waals surface area contributed by atoms with Crippen molar-refractivity contribution in [2.24, 2.45) is 11.5 Å². The van der Waals surface area contributed by atoms with E-state index in [4.69, 9.17) is 16.2 Å². The molecule has 0 spiro atoms. The fourth-order valence-electron chi connectivity index (χ4n) is 2.60. The molecule has 0 aromatic heterocycles. The van der Waals surface area contributed by atoms with Crippen LogP contribution in [0.15, 0.2) is 48.5 Å². The highest BCUT2D eigenvalue weighted by atomic mass is 35.5. The SMILES string of the molecule is Cc1ccccc1C(CC(=O)Nc1ccc(OCCN)cc1)NC(N)=O.Cl. The maximum atomic E-state index is 12.4. The van der Waals surface area contributed by atoms with Crippen molar-refractivity contribution in [2.75, 3.05) is 18.5 Å². The van der Waals surface area contributed by atoms with Crippen LogP contribution in [0.2, 0.25) is 0 Å². The van der Waals surface area contributed by atoms with Crippen molar-refractivity contribution in [1.82, 2.24) is 5.32 Å². The molecule has 1 atom stereocenters. The highest BCUT2D eigenvalue weighted by Crippen LogP contribution is 2.22. The molecule has 0 aliphatic heterocycles. The Labute approximate surface area is 164 Å². The normalized spacial score (nSPS) is 11.0. The van der Waals surface area contributed by atoms with E-state index in [-0.39, 0.29) is 24.7 Å². The van der Waals surface area contributed by atoms with Gasteiger partial charge in [-0.1, -0.05) is 24.3 Å². The average Bonchev–Trinajstić information content (AvgIpc) is 2.60. The van der Waals surface area contributed by atoms with Gasteiger partial charge in [0.25, 0.3) is 0 Å². The topological polar surface area (TPSA) is 119 Å². The summed E-state index contributed by atoms with van der Waals surface area (Å²) in [5.74, 6) is 0.448. The van der Waals surface area contributed by atoms with Crippen molar-refractivity contribution in [2.45, 2.75) is 19.4 Å². The maximum absolute atomic E-state index is 12.4. The summed E-state index contributed by atoms with van der Waals surface area (Å²) >= 11 is 0. The van der Waals surface area contributed by atoms with E-state index in [1.54, 1.807) is 24.3 Å². The van der Waals surface area contributed by atoms with Gasteiger partial charge in [-0.25, -0.2) is 4.79 Å². The molecule has 0 aliphatic rings. The molecule has 0 bridgehead atoms. The first-order valence-corrected chi connectivity index (χ1v) is 8.34. The number of carbonyl (C=O) groups excluding carboxylic acids is 2. The Morgan fingerprint density at radius 2 is 1.78 bits per heavy atom. The maximum Gasteiger partial charge on any atom is 0.312 e. The third-order valence-corrected chi connectivity index (χ3v) is 3.79. The minimum absolute atomic E-state index is 0. The lowest BCUT2D eigenvalue weighted by atomic mass is 9.98. The second kappa shape index (κ2) is 11.1. The summed E-state index contributed by atoms with van der Waals surface area (Å²) in [4.78, 5) is 23.7. The number of urea groups is 1. The Hall–Kier alpha value is -2.77. The van der Waals surface area contributed by atoms with Gasteiger partial charge in [-0.3, -0.25) is 4.79 Å². The molecule has 146 valence electrons. The molecule has 27 heavy (non-hydrogen) atoms. The van der Waals surface area contributed by atoms with Crippen LogP contribution in [0.4, 0.5) is 10.5 Å². The lowest BCUT2D eigenvalue weighted by Gasteiger charge is -2.19. The minimum Gasteiger partial charge on any atom is -0.492 e. The molecule has 0 heterocycles. The molecular formula is C19H25ClN4O3. The number of hydrogen-bond donors (Lipinski definition) is 4. The molecule has 0 saturated heterocycles. The van der Waals surface area contributed by atoms with Gasteiger partial charge in [-0.05, 0) is 42.3 Å². The van der Waals surface area contributed by atoms with Gasteiger partial charge >= 0.3 is 6.03 Å². The van der Waals surface area contributed by atoms with Gasteiger partial charge in [-0.15, -0.1) is 12.4 Å². The van der Waals surface area contributed by atoms with Crippen molar-refractivity contribution in [3.05, 3.63) is 59.7 Å². The van der Waals surface area contributed by atoms with E-state index in [2.05, 4.69) is 10.6 Å². The zero-order valence-corrected chi connectivity index (χ0v) is 15.9. The predicted molar refractivity (Wildman–Crippen MR) is 108 cm³/mol. The highest BCUT2D eigenvalue weighted by Gasteiger charge is 2.19. The number of primary amides is 1. The molecule has 0 aliphatic carbocycles.